The van der Waals surface area contributed by atoms with Gasteiger partial charge in [-0.3, -0.25) is 4.79 Å². The van der Waals surface area contributed by atoms with Crippen molar-refractivity contribution >= 4 is 33.2 Å². The molecule has 1 aliphatic rings. The smallest absolute Gasteiger partial charge is 0.310 e. The van der Waals surface area contributed by atoms with E-state index < -0.39 is 0 Å². The van der Waals surface area contributed by atoms with E-state index in [0.717, 1.165) is 18.1 Å². The maximum atomic E-state index is 12.0. The highest BCUT2D eigenvalue weighted by molar-refractivity contribution is 9.09. The van der Waals surface area contributed by atoms with E-state index in [1.165, 1.54) is 0 Å². The van der Waals surface area contributed by atoms with Crippen LogP contribution in [-0.2, 0) is 9.53 Å². The third-order valence-corrected chi connectivity index (χ3v) is 4.65. The molecule has 1 saturated heterocycles. The fraction of sp³-hybridized carbons (Fsp3) is 0.636. The Bertz CT molecular complexity index is 372. The lowest BCUT2D eigenvalue weighted by Gasteiger charge is -2.33. The van der Waals surface area contributed by atoms with Gasteiger partial charge < -0.3 is 10.1 Å². The minimum absolute atomic E-state index is 0.101. The molecule has 17 heavy (non-hydrogen) atoms. The second-order valence-electron chi connectivity index (χ2n) is 3.93. The lowest BCUT2D eigenvalue weighted by molar-refractivity contribution is -0.149. The molecule has 0 spiro atoms. The summed E-state index contributed by atoms with van der Waals surface area (Å²) in [5.41, 5.74) is 0. The summed E-state index contributed by atoms with van der Waals surface area (Å²) in [4.78, 5) is 16.4. The van der Waals surface area contributed by atoms with Gasteiger partial charge in [0.15, 0.2) is 0 Å². The van der Waals surface area contributed by atoms with Crippen LogP contribution in [0.25, 0.3) is 0 Å². The third-order valence-electron chi connectivity index (χ3n) is 2.85. The molecular weight excluding hydrogens is 304 g/mol. The molecule has 3 atom stereocenters. The number of hydrogen-bond donors (Lipinski definition) is 1. The average molecular weight is 319 g/mol. The topological polar surface area (TPSA) is 51.2 Å². The van der Waals surface area contributed by atoms with Gasteiger partial charge in [0.2, 0.25) is 0 Å². The zero-order chi connectivity index (χ0) is 12.3. The van der Waals surface area contributed by atoms with Gasteiger partial charge in [-0.25, -0.2) is 4.98 Å². The quantitative estimate of drug-likeness (QED) is 0.681. The van der Waals surface area contributed by atoms with Gasteiger partial charge in [0.05, 0.1) is 17.5 Å². The summed E-state index contributed by atoms with van der Waals surface area (Å²) in [6, 6.07) is 0. The van der Waals surface area contributed by atoms with Crippen LogP contribution in [0.2, 0.25) is 0 Å². The second kappa shape index (κ2) is 5.93. The van der Waals surface area contributed by atoms with E-state index in [1.807, 2.05) is 12.3 Å². The van der Waals surface area contributed by atoms with Crippen LogP contribution < -0.4 is 5.32 Å². The molecule has 0 aliphatic carbocycles. The number of aromatic nitrogens is 1. The van der Waals surface area contributed by atoms with Crippen LogP contribution in [-0.4, -0.2) is 35.5 Å². The minimum atomic E-state index is -0.151. The molecule has 94 valence electrons. The number of alkyl halides is 1. The van der Waals surface area contributed by atoms with Crippen LogP contribution in [0.4, 0.5) is 0 Å². The first-order valence-electron chi connectivity index (χ1n) is 5.64. The van der Waals surface area contributed by atoms with E-state index in [1.54, 1.807) is 17.5 Å². The van der Waals surface area contributed by atoms with Crippen molar-refractivity contribution < 1.29 is 9.53 Å². The Balaban J connectivity index is 2.19. The average Bonchev–Trinajstić information content (AvgIpc) is 2.82. The van der Waals surface area contributed by atoms with Crippen LogP contribution in [0.15, 0.2) is 11.6 Å². The van der Waals surface area contributed by atoms with Crippen LogP contribution in [0.3, 0.4) is 0 Å². The van der Waals surface area contributed by atoms with E-state index in [9.17, 15) is 4.79 Å². The van der Waals surface area contributed by atoms with E-state index in [0.29, 0.717) is 6.61 Å². The van der Waals surface area contributed by atoms with E-state index in [4.69, 9.17) is 4.74 Å². The van der Waals surface area contributed by atoms with Crippen molar-refractivity contribution in [3.05, 3.63) is 16.6 Å². The van der Waals surface area contributed by atoms with Crippen molar-refractivity contribution in [2.75, 3.05) is 19.7 Å². The fourth-order valence-corrected chi connectivity index (χ4v) is 3.69. The summed E-state index contributed by atoms with van der Waals surface area (Å²) < 4.78 is 5.16. The van der Waals surface area contributed by atoms with Gasteiger partial charge in [-0.05, 0) is 6.92 Å². The summed E-state index contributed by atoms with van der Waals surface area (Å²) in [5.74, 6) is -0.175. The number of piperidine rings is 1. The number of thiazole rings is 1. The van der Waals surface area contributed by atoms with Gasteiger partial charge in [-0.15, -0.1) is 11.3 Å². The molecule has 3 unspecified atom stereocenters. The second-order valence-corrected chi connectivity index (χ2v) is 6.03. The van der Waals surface area contributed by atoms with Gasteiger partial charge in [0.25, 0.3) is 0 Å². The number of carbonyl (C=O) groups is 1. The number of nitrogens with one attached hydrogen (secondary N) is 1. The summed E-state index contributed by atoms with van der Waals surface area (Å²) in [6.07, 6.45) is 1.78. The lowest BCUT2D eigenvalue weighted by atomic mass is 9.87. The molecule has 1 N–H and O–H groups in total. The largest absolute Gasteiger partial charge is 0.466 e. The first-order valence-corrected chi connectivity index (χ1v) is 7.44. The molecule has 2 rings (SSSR count). The molecule has 0 bridgehead atoms. The molecular formula is C11H15BrN2O2S. The predicted molar refractivity (Wildman–Crippen MR) is 70.6 cm³/mol. The van der Waals surface area contributed by atoms with Gasteiger partial charge >= 0.3 is 5.97 Å². The van der Waals surface area contributed by atoms with E-state index >= 15 is 0 Å². The Labute approximate surface area is 113 Å². The Morgan fingerprint density at radius 2 is 2.53 bits per heavy atom. The predicted octanol–water partition coefficient (Wildman–Crippen LogP) is 1.77. The first kappa shape index (κ1) is 13.0. The first-order chi connectivity index (χ1) is 8.24. The van der Waals surface area contributed by atoms with Crippen molar-refractivity contribution in [2.24, 2.45) is 5.92 Å². The number of halogens is 1. The molecule has 2 heterocycles. The summed E-state index contributed by atoms with van der Waals surface area (Å²) in [7, 11) is 0. The summed E-state index contributed by atoms with van der Waals surface area (Å²) in [6.45, 7) is 3.82. The molecule has 6 heteroatoms. The highest BCUT2D eigenvalue weighted by atomic mass is 79.9. The molecule has 1 aromatic rings. The molecule has 0 amide bonds. The number of ether oxygens (including phenoxy) is 1. The number of hydrogen-bond acceptors (Lipinski definition) is 5. The van der Waals surface area contributed by atoms with Crippen molar-refractivity contribution in [1.29, 1.82) is 0 Å². The number of esters is 1. The Hall–Kier alpha value is -0.460. The number of rotatable bonds is 3. The van der Waals surface area contributed by atoms with E-state index in [-0.39, 0.29) is 22.6 Å². The van der Waals surface area contributed by atoms with Gasteiger partial charge in [0.1, 0.15) is 0 Å². The Morgan fingerprint density at radius 3 is 3.18 bits per heavy atom. The molecule has 0 radical (unpaired) electrons. The molecule has 1 fully saturated rings. The summed E-state index contributed by atoms with van der Waals surface area (Å²) >= 11 is 5.16. The van der Waals surface area contributed by atoms with Crippen molar-refractivity contribution in [3.8, 4) is 0 Å². The van der Waals surface area contributed by atoms with Gasteiger partial charge in [-0.1, -0.05) is 15.9 Å². The summed E-state index contributed by atoms with van der Waals surface area (Å²) in [5, 5.41) is 6.25. The van der Waals surface area contributed by atoms with Crippen LogP contribution >= 0.6 is 27.3 Å². The fourth-order valence-electron chi connectivity index (χ4n) is 2.09. The Morgan fingerprint density at radius 1 is 1.71 bits per heavy atom. The van der Waals surface area contributed by atoms with Gasteiger partial charge in [-0.2, -0.15) is 0 Å². The maximum Gasteiger partial charge on any atom is 0.310 e. The Kier molecular flexibility index (Phi) is 4.53. The monoisotopic (exact) mass is 318 g/mol. The highest BCUT2D eigenvalue weighted by Crippen LogP contribution is 2.34. The standard InChI is InChI=1S/C11H15BrN2O2S/c1-2-16-11(15)9-7(5-13-6-8(9)12)10-14-3-4-17-10/h3-4,7-9,13H,2,5-6H2,1H3. The lowest BCUT2D eigenvalue weighted by Crippen LogP contribution is -2.46. The van der Waals surface area contributed by atoms with Crippen molar-refractivity contribution in [1.82, 2.24) is 10.3 Å². The SMILES string of the molecule is CCOC(=O)C1C(Br)CNCC1c1nccs1. The third kappa shape index (κ3) is 2.86. The van der Waals surface area contributed by atoms with E-state index in [2.05, 4.69) is 26.2 Å². The zero-order valence-electron chi connectivity index (χ0n) is 9.56. The molecule has 4 nitrogen and oxygen atoms in total. The molecule has 0 saturated carbocycles. The normalized spacial score (nSPS) is 28.9. The molecule has 1 aliphatic heterocycles. The van der Waals surface area contributed by atoms with Crippen molar-refractivity contribution in [2.45, 2.75) is 17.7 Å². The highest BCUT2D eigenvalue weighted by Gasteiger charge is 2.40. The molecule has 1 aromatic heterocycles. The van der Waals surface area contributed by atoms with Crippen LogP contribution in [0.1, 0.15) is 17.8 Å². The molecule has 0 aromatic carbocycles. The van der Waals surface area contributed by atoms with Crippen LogP contribution in [0.5, 0.6) is 0 Å². The van der Waals surface area contributed by atoms with Gasteiger partial charge in [0, 0.05) is 35.4 Å². The minimum Gasteiger partial charge on any atom is -0.466 e. The van der Waals surface area contributed by atoms with Crippen LogP contribution in [0, 0.1) is 5.92 Å². The zero-order valence-corrected chi connectivity index (χ0v) is 12.0. The maximum absolute atomic E-state index is 12.0. The number of nitrogens with zero attached hydrogens (tertiary/aromatic N) is 1. The number of carbonyl (C=O) groups excluding carboxylic acids is 1. The van der Waals surface area contributed by atoms with Crippen molar-refractivity contribution in [3.63, 3.8) is 0 Å².